The maximum Gasteiger partial charge on any atom is 0.224 e. The number of ether oxygens (including phenoxy) is 2. The number of benzene rings is 1. The van der Waals surface area contributed by atoms with Crippen LogP contribution in [-0.2, 0) is 11.3 Å². The Morgan fingerprint density at radius 1 is 1.29 bits per heavy atom. The summed E-state index contributed by atoms with van der Waals surface area (Å²) in [6, 6.07) is 6.17. The van der Waals surface area contributed by atoms with Crippen molar-refractivity contribution in [1.82, 2.24) is 9.97 Å². The SMILES string of the molecule is CCNc1cc(Oc2ccc(Br)cc2F)nc(COC)n1. The number of rotatable bonds is 6. The van der Waals surface area contributed by atoms with Crippen LogP contribution in [0.2, 0.25) is 0 Å². The third kappa shape index (κ3) is 4.37. The van der Waals surface area contributed by atoms with Gasteiger partial charge in [-0.1, -0.05) is 15.9 Å². The molecule has 0 radical (unpaired) electrons. The first-order chi connectivity index (χ1) is 10.1. The number of methoxy groups -OCH3 is 1. The minimum absolute atomic E-state index is 0.0997. The maximum absolute atomic E-state index is 13.8. The normalized spacial score (nSPS) is 10.5. The van der Waals surface area contributed by atoms with Crippen LogP contribution in [0.4, 0.5) is 10.2 Å². The molecule has 1 heterocycles. The van der Waals surface area contributed by atoms with Gasteiger partial charge in [-0.05, 0) is 25.1 Å². The van der Waals surface area contributed by atoms with Crippen molar-refractivity contribution >= 4 is 21.7 Å². The van der Waals surface area contributed by atoms with Crippen molar-refractivity contribution in [3.63, 3.8) is 0 Å². The standard InChI is InChI=1S/C14H15BrFN3O2/c1-3-17-12-7-14(19-13(18-12)8-20-2)21-11-5-4-9(15)6-10(11)16/h4-7H,3,8H2,1-2H3,(H,17,18,19). The highest BCUT2D eigenvalue weighted by atomic mass is 79.9. The molecule has 0 fully saturated rings. The zero-order valence-corrected chi connectivity index (χ0v) is 13.3. The van der Waals surface area contributed by atoms with E-state index in [9.17, 15) is 4.39 Å². The summed E-state index contributed by atoms with van der Waals surface area (Å²) in [4.78, 5) is 8.45. The van der Waals surface area contributed by atoms with Gasteiger partial charge in [-0.25, -0.2) is 9.37 Å². The van der Waals surface area contributed by atoms with Crippen LogP contribution in [0.5, 0.6) is 11.6 Å². The van der Waals surface area contributed by atoms with E-state index in [-0.39, 0.29) is 18.2 Å². The zero-order chi connectivity index (χ0) is 15.2. The lowest BCUT2D eigenvalue weighted by Crippen LogP contribution is -2.05. The molecule has 2 rings (SSSR count). The molecule has 112 valence electrons. The van der Waals surface area contributed by atoms with Gasteiger partial charge in [0.05, 0.1) is 0 Å². The lowest BCUT2D eigenvalue weighted by molar-refractivity contribution is 0.177. The number of aromatic nitrogens is 2. The number of anilines is 1. The van der Waals surface area contributed by atoms with Gasteiger partial charge in [-0.3, -0.25) is 0 Å². The Hall–Kier alpha value is -1.73. The van der Waals surface area contributed by atoms with Gasteiger partial charge < -0.3 is 14.8 Å². The van der Waals surface area contributed by atoms with Crippen molar-refractivity contribution in [3.05, 3.63) is 40.4 Å². The minimum atomic E-state index is -0.471. The van der Waals surface area contributed by atoms with Crippen LogP contribution in [0, 0.1) is 5.82 Å². The summed E-state index contributed by atoms with van der Waals surface area (Å²) in [5.41, 5.74) is 0. The predicted octanol–water partition coefficient (Wildman–Crippen LogP) is 3.75. The summed E-state index contributed by atoms with van der Waals surface area (Å²) in [7, 11) is 1.55. The quantitative estimate of drug-likeness (QED) is 0.854. The second kappa shape index (κ2) is 7.33. The molecule has 0 unspecified atom stereocenters. The number of hydrogen-bond acceptors (Lipinski definition) is 5. The average Bonchev–Trinajstić information content (AvgIpc) is 2.42. The molecular weight excluding hydrogens is 341 g/mol. The highest BCUT2D eigenvalue weighted by Crippen LogP contribution is 2.26. The highest BCUT2D eigenvalue weighted by Gasteiger charge is 2.10. The third-order valence-electron chi connectivity index (χ3n) is 2.49. The van der Waals surface area contributed by atoms with E-state index in [1.54, 1.807) is 19.2 Å². The van der Waals surface area contributed by atoms with E-state index < -0.39 is 5.82 Å². The van der Waals surface area contributed by atoms with Gasteiger partial charge in [-0.2, -0.15) is 4.98 Å². The summed E-state index contributed by atoms with van der Waals surface area (Å²) in [5, 5.41) is 3.07. The first-order valence-corrected chi connectivity index (χ1v) is 7.15. The van der Waals surface area contributed by atoms with Crippen molar-refractivity contribution in [1.29, 1.82) is 0 Å². The van der Waals surface area contributed by atoms with Gasteiger partial charge in [0.1, 0.15) is 12.4 Å². The van der Waals surface area contributed by atoms with E-state index in [4.69, 9.17) is 9.47 Å². The fraction of sp³-hybridized carbons (Fsp3) is 0.286. The molecule has 1 aromatic heterocycles. The Kier molecular flexibility index (Phi) is 5.46. The Morgan fingerprint density at radius 2 is 2.10 bits per heavy atom. The van der Waals surface area contributed by atoms with Crippen LogP contribution in [0.15, 0.2) is 28.7 Å². The zero-order valence-electron chi connectivity index (χ0n) is 11.7. The Labute approximate surface area is 130 Å². The van der Waals surface area contributed by atoms with Crippen molar-refractivity contribution in [3.8, 4) is 11.6 Å². The summed E-state index contributed by atoms with van der Waals surface area (Å²) < 4.78 is 24.9. The Balaban J connectivity index is 2.29. The molecule has 0 saturated carbocycles. The summed E-state index contributed by atoms with van der Waals surface area (Å²) in [6.45, 7) is 2.90. The lowest BCUT2D eigenvalue weighted by Gasteiger charge is -2.10. The van der Waals surface area contributed by atoms with Crippen molar-refractivity contribution in [2.75, 3.05) is 19.0 Å². The van der Waals surface area contributed by atoms with Crippen molar-refractivity contribution < 1.29 is 13.9 Å². The molecule has 0 aliphatic rings. The molecule has 0 atom stereocenters. The van der Waals surface area contributed by atoms with Crippen LogP contribution in [0.25, 0.3) is 0 Å². The van der Waals surface area contributed by atoms with E-state index in [1.807, 2.05) is 6.92 Å². The van der Waals surface area contributed by atoms with Crippen molar-refractivity contribution in [2.45, 2.75) is 13.5 Å². The van der Waals surface area contributed by atoms with Crippen LogP contribution in [0.3, 0.4) is 0 Å². The monoisotopic (exact) mass is 355 g/mol. The van der Waals surface area contributed by atoms with E-state index in [0.717, 1.165) is 0 Å². The molecule has 21 heavy (non-hydrogen) atoms. The predicted molar refractivity (Wildman–Crippen MR) is 81.1 cm³/mol. The number of nitrogens with zero attached hydrogens (tertiary/aromatic N) is 2. The van der Waals surface area contributed by atoms with Gasteiger partial charge in [0.25, 0.3) is 0 Å². The molecule has 0 aliphatic carbocycles. The maximum atomic E-state index is 13.8. The fourth-order valence-electron chi connectivity index (χ4n) is 1.66. The largest absolute Gasteiger partial charge is 0.436 e. The number of hydrogen-bond donors (Lipinski definition) is 1. The molecule has 0 aliphatic heterocycles. The van der Waals surface area contributed by atoms with Gasteiger partial charge in [0.15, 0.2) is 17.4 Å². The first-order valence-electron chi connectivity index (χ1n) is 6.36. The molecule has 5 nitrogen and oxygen atoms in total. The van der Waals surface area contributed by atoms with Gasteiger partial charge in [-0.15, -0.1) is 0 Å². The molecule has 1 aromatic carbocycles. The molecule has 2 aromatic rings. The van der Waals surface area contributed by atoms with Gasteiger partial charge >= 0.3 is 0 Å². The topological polar surface area (TPSA) is 56.3 Å². The molecule has 0 spiro atoms. The molecule has 0 bridgehead atoms. The van der Waals surface area contributed by atoms with E-state index >= 15 is 0 Å². The van der Waals surface area contributed by atoms with Crippen LogP contribution in [0.1, 0.15) is 12.7 Å². The van der Waals surface area contributed by atoms with Crippen LogP contribution < -0.4 is 10.1 Å². The van der Waals surface area contributed by atoms with E-state index in [0.29, 0.717) is 22.7 Å². The lowest BCUT2D eigenvalue weighted by atomic mass is 10.3. The third-order valence-corrected chi connectivity index (χ3v) is 2.98. The molecular formula is C14H15BrFN3O2. The highest BCUT2D eigenvalue weighted by molar-refractivity contribution is 9.10. The average molecular weight is 356 g/mol. The number of halogens is 2. The molecule has 7 heteroatoms. The van der Waals surface area contributed by atoms with Crippen molar-refractivity contribution in [2.24, 2.45) is 0 Å². The Bertz CT molecular complexity index is 601. The fourth-order valence-corrected chi connectivity index (χ4v) is 1.99. The molecule has 1 N–H and O–H groups in total. The molecule has 0 saturated heterocycles. The second-order valence-electron chi connectivity index (χ2n) is 4.15. The molecule has 0 amide bonds. The minimum Gasteiger partial charge on any atom is -0.436 e. The van der Waals surface area contributed by atoms with Crippen LogP contribution in [-0.4, -0.2) is 23.6 Å². The summed E-state index contributed by atoms with van der Waals surface area (Å²) in [6.07, 6.45) is 0. The first kappa shape index (κ1) is 15.7. The Morgan fingerprint density at radius 3 is 2.76 bits per heavy atom. The smallest absolute Gasteiger partial charge is 0.224 e. The van der Waals surface area contributed by atoms with Gasteiger partial charge in [0.2, 0.25) is 5.88 Å². The van der Waals surface area contributed by atoms with E-state index in [1.165, 1.54) is 12.1 Å². The summed E-state index contributed by atoms with van der Waals surface area (Å²) >= 11 is 3.20. The van der Waals surface area contributed by atoms with Gasteiger partial charge in [0, 0.05) is 24.2 Å². The number of nitrogens with one attached hydrogen (secondary N) is 1. The van der Waals surface area contributed by atoms with E-state index in [2.05, 4.69) is 31.2 Å². The van der Waals surface area contributed by atoms with Crippen LogP contribution >= 0.6 is 15.9 Å². The second-order valence-corrected chi connectivity index (χ2v) is 5.06. The summed E-state index contributed by atoms with van der Waals surface area (Å²) in [5.74, 6) is 0.953.